The van der Waals surface area contributed by atoms with Gasteiger partial charge in [-0.25, -0.2) is 13.4 Å². The molecule has 1 fully saturated rings. The highest BCUT2D eigenvalue weighted by molar-refractivity contribution is 7.89. The lowest BCUT2D eigenvalue weighted by Gasteiger charge is -2.35. The van der Waals surface area contributed by atoms with Crippen LogP contribution in [0, 0.1) is 0 Å². The Labute approximate surface area is 254 Å². The number of hydrogen-bond donors (Lipinski definition) is 0. The molecule has 11 heteroatoms. The molecule has 1 aliphatic rings. The van der Waals surface area contributed by atoms with Gasteiger partial charge in [0.05, 0.1) is 21.5 Å². The van der Waals surface area contributed by atoms with Crippen molar-refractivity contribution in [3.8, 4) is 5.75 Å². The maximum absolute atomic E-state index is 13.2. The van der Waals surface area contributed by atoms with Gasteiger partial charge in [0.25, 0.3) is 0 Å². The molecule has 0 spiro atoms. The van der Waals surface area contributed by atoms with Crippen LogP contribution in [0.3, 0.4) is 0 Å². The van der Waals surface area contributed by atoms with Crippen LogP contribution in [0.4, 0.5) is 18.9 Å². The van der Waals surface area contributed by atoms with Crippen molar-refractivity contribution >= 4 is 26.7 Å². The molecule has 0 radical (unpaired) electrons. The summed E-state index contributed by atoms with van der Waals surface area (Å²) in [5.74, 6) is 1.32. The number of nitrogens with zero attached hydrogens (tertiary/aromatic N) is 4. The first kappa shape index (κ1) is 29.7. The number of anilines is 1. The molecule has 5 aromatic rings. The molecule has 6 rings (SSSR count). The van der Waals surface area contributed by atoms with Crippen LogP contribution in [-0.4, -0.2) is 48.5 Å². The third kappa shape index (κ3) is 6.15. The van der Waals surface area contributed by atoms with Crippen molar-refractivity contribution in [3.05, 3.63) is 120 Å². The second-order valence-electron chi connectivity index (χ2n) is 10.7. The SMILES string of the molecule is CC(Oc1ccccc1)c1nc2ccc(N3CCN(S(=O)(=O)c4ccccc4)CC3)cc2n1Cc1ccc(C(F)(F)F)cc1. The second kappa shape index (κ2) is 12.0. The second-order valence-corrected chi connectivity index (χ2v) is 12.6. The van der Waals surface area contributed by atoms with Crippen LogP contribution in [0.15, 0.2) is 108 Å². The highest BCUT2D eigenvalue weighted by Crippen LogP contribution is 2.32. The van der Waals surface area contributed by atoms with E-state index in [1.165, 1.54) is 16.4 Å². The number of alkyl halides is 3. The van der Waals surface area contributed by atoms with Crippen molar-refractivity contribution in [3.63, 3.8) is 0 Å². The summed E-state index contributed by atoms with van der Waals surface area (Å²) in [4.78, 5) is 7.29. The first-order valence-electron chi connectivity index (χ1n) is 14.3. The summed E-state index contributed by atoms with van der Waals surface area (Å²) in [7, 11) is -3.58. The van der Waals surface area contributed by atoms with E-state index < -0.39 is 27.9 Å². The van der Waals surface area contributed by atoms with Crippen LogP contribution >= 0.6 is 0 Å². The third-order valence-corrected chi connectivity index (χ3v) is 9.70. The number of halogens is 3. The fourth-order valence-electron chi connectivity index (χ4n) is 5.47. The van der Waals surface area contributed by atoms with E-state index in [-0.39, 0.29) is 4.90 Å². The minimum atomic E-state index is -4.41. The van der Waals surface area contributed by atoms with E-state index in [1.54, 1.807) is 30.3 Å². The molecule has 1 unspecified atom stereocenters. The summed E-state index contributed by atoms with van der Waals surface area (Å²) in [5, 5.41) is 0. The number of benzene rings is 4. The number of hydrogen-bond acceptors (Lipinski definition) is 5. The van der Waals surface area contributed by atoms with Crippen LogP contribution in [0.1, 0.15) is 30.0 Å². The molecule has 0 N–H and O–H groups in total. The van der Waals surface area contributed by atoms with Crippen molar-refractivity contribution in [2.24, 2.45) is 0 Å². The fourth-order valence-corrected chi connectivity index (χ4v) is 6.91. The number of piperazine rings is 1. The van der Waals surface area contributed by atoms with Gasteiger partial charge in [-0.2, -0.15) is 17.5 Å². The number of ether oxygens (including phenoxy) is 1. The maximum Gasteiger partial charge on any atom is 0.416 e. The van der Waals surface area contributed by atoms with E-state index in [1.807, 2.05) is 60.0 Å². The van der Waals surface area contributed by atoms with E-state index in [0.29, 0.717) is 49.9 Å². The van der Waals surface area contributed by atoms with Crippen molar-refractivity contribution in [1.29, 1.82) is 0 Å². The Bertz CT molecular complexity index is 1840. The first-order valence-corrected chi connectivity index (χ1v) is 15.7. The maximum atomic E-state index is 13.2. The number of sulfonamides is 1. The summed E-state index contributed by atoms with van der Waals surface area (Å²) < 4.78 is 75.5. The predicted octanol–water partition coefficient (Wildman–Crippen LogP) is 6.75. The Morgan fingerprint density at radius 3 is 2.11 bits per heavy atom. The van der Waals surface area contributed by atoms with Gasteiger partial charge in [0.1, 0.15) is 5.75 Å². The molecule has 2 heterocycles. The lowest BCUT2D eigenvalue weighted by atomic mass is 10.1. The van der Waals surface area contributed by atoms with Crippen LogP contribution in [0.5, 0.6) is 5.75 Å². The Morgan fingerprint density at radius 1 is 0.841 bits per heavy atom. The zero-order valence-corrected chi connectivity index (χ0v) is 24.8. The molecule has 0 saturated carbocycles. The molecule has 0 bridgehead atoms. The Hall–Kier alpha value is -4.35. The van der Waals surface area contributed by atoms with Crippen molar-refractivity contribution in [1.82, 2.24) is 13.9 Å². The molecule has 4 aromatic carbocycles. The molecule has 44 heavy (non-hydrogen) atoms. The van der Waals surface area contributed by atoms with E-state index in [2.05, 4.69) is 4.90 Å². The summed E-state index contributed by atoms with van der Waals surface area (Å²) in [6, 6.07) is 28.8. The van der Waals surface area contributed by atoms with Crippen LogP contribution in [0.2, 0.25) is 0 Å². The van der Waals surface area contributed by atoms with Gasteiger partial charge in [-0.3, -0.25) is 0 Å². The van der Waals surface area contributed by atoms with Crippen molar-refractivity contribution in [2.75, 3.05) is 31.1 Å². The molecule has 0 amide bonds. The zero-order valence-electron chi connectivity index (χ0n) is 24.0. The number of fused-ring (bicyclic) bond motifs is 1. The van der Waals surface area contributed by atoms with Gasteiger partial charge in [0.15, 0.2) is 11.9 Å². The van der Waals surface area contributed by atoms with E-state index >= 15 is 0 Å². The minimum absolute atomic E-state index is 0.279. The van der Waals surface area contributed by atoms with Gasteiger partial charge < -0.3 is 14.2 Å². The standard InChI is InChI=1S/C33H31F3N4O3S/c1-24(43-28-8-4-2-5-9-28)32-37-30-17-16-27(22-31(30)40(32)23-25-12-14-26(15-13-25)33(34,35)36)38-18-20-39(21-19-38)44(41,42)29-10-6-3-7-11-29/h2-17,22,24H,18-21,23H2,1H3. The molecule has 228 valence electrons. The van der Waals surface area contributed by atoms with Crippen molar-refractivity contribution < 1.29 is 26.3 Å². The molecule has 7 nitrogen and oxygen atoms in total. The van der Waals surface area contributed by atoms with Crippen LogP contribution in [0.25, 0.3) is 11.0 Å². The molecule has 1 atom stereocenters. The van der Waals surface area contributed by atoms with Gasteiger partial charge in [-0.1, -0.05) is 48.5 Å². The number of aromatic nitrogens is 2. The minimum Gasteiger partial charge on any atom is -0.483 e. The zero-order chi connectivity index (χ0) is 30.9. The first-order chi connectivity index (χ1) is 21.1. The fraction of sp³-hybridized carbons (Fsp3) is 0.242. The van der Waals surface area contributed by atoms with Crippen LogP contribution < -0.4 is 9.64 Å². The van der Waals surface area contributed by atoms with Crippen molar-refractivity contribution in [2.45, 2.75) is 30.6 Å². The number of rotatable bonds is 8. The number of para-hydroxylation sites is 1. The quantitative estimate of drug-likeness (QED) is 0.192. The van der Waals surface area contributed by atoms with E-state index in [9.17, 15) is 21.6 Å². The number of imidazole rings is 1. The smallest absolute Gasteiger partial charge is 0.416 e. The highest BCUT2D eigenvalue weighted by Gasteiger charge is 2.31. The normalized spacial score (nSPS) is 15.4. The molecular weight excluding hydrogens is 589 g/mol. The lowest BCUT2D eigenvalue weighted by Crippen LogP contribution is -2.48. The van der Waals surface area contributed by atoms with E-state index in [0.717, 1.165) is 28.9 Å². The van der Waals surface area contributed by atoms with Gasteiger partial charge in [-0.15, -0.1) is 0 Å². The Balaban J connectivity index is 1.30. The topological polar surface area (TPSA) is 67.7 Å². The Morgan fingerprint density at radius 2 is 1.48 bits per heavy atom. The third-order valence-electron chi connectivity index (χ3n) is 7.79. The summed E-state index contributed by atoms with van der Waals surface area (Å²) >= 11 is 0. The Kier molecular flexibility index (Phi) is 8.08. The van der Waals surface area contributed by atoms with Gasteiger partial charge in [-0.05, 0) is 67.1 Å². The van der Waals surface area contributed by atoms with Crippen LogP contribution in [-0.2, 0) is 22.7 Å². The summed E-state index contributed by atoms with van der Waals surface area (Å²) in [6.07, 6.45) is -4.86. The largest absolute Gasteiger partial charge is 0.483 e. The van der Waals surface area contributed by atoms with E-state index in [4.69, 9.17) is 9.72 Å². The molecule has 0 aliphatic carbocycles. The monoisotopic (exact) mass is 620 g/mol. The van der Waals surface area contributed by atoms with Gasteiger partial charge in [0.2, 0.25) is 10.0 Å². The lowest BCUT2D eigenvalue weighted by molar-refractivity contribution is -0.137. The van der Waals surface area contributed by atoms with Gasteiger partial charge in [0, 0.05) is 38.4 Å². The summed E-state index contributed by atoms with van der Waals surface area (Å²) in [5.41, 5.74) is 2.43. The molecule has 1 saturated heterocycles. The molecule has 1 aliphatic heterocycles. The van der Waals surface area contributed by atoms with Gasteiger partial charge >= 0.3 is 6.18 Å². The molecule has 1 aromatic heterocycles. The average Bonchev–Trinajstić information content (AvgIpc) is 3.39. The molecular formula is C33H31F3N4O3S. The highest BCUT2D eigenvalue weighted by atomic mass is 32.2. The average molecular weight is 621 g/mol. The summed E-state index contributed by atoms with van der Waals surface area (Å²) in [6.45, 7) is 3.88. The predicted molar refractivity (Wildman–Crippen MR) is 163 cm³/mol.